The summed E-state index contributed by atoms with van der Waals surface area (Å²) in [5, 5.41) is 14.2. The SMILES string of the molecule is Cc1ccc(-c2cc(C#N)nn2-c2cccc(Cl)c2)c(C)c1. The minimum Gasteiger partial charge on any atom is -0.232 e. The molecule has 0 radical (unpaired) electrons. The van der Waals surface area contributed by atoms with Gasteiger partial charge in [0.05, 0.1) is 11.4 Å². The molecule has 0 bridgehead atoms. The lowest BCUT2D eigenvalue weighted by molar-refractivity contribution is 0.879. The number of nitriles is 1. The number of nitrogens with zero attached hydrogens (tertiary/aromatic N) is 3. The third-order valence-corrected chi connectivity index (χ3v) is 3.77. The van der Waals surface area contributed by atoms with Crippen LogP contribution >= 0.6 is 11.6 Å². The van der Waals surface area contributed by atoms with E-state index in [2.05, 4.69) is 43.2 Å². The van der Waals surface area contributed by atoms with Crippen molar-refractivity contribution in [3.8, 4) is 23.0 Å². The zero-order chi connectivity index (χ0) is 15.7. The normalized spacial score (nSPS) is 10.5. The van der Waals surface area contributed by atoms with Crippen LogP contribution < -0.4 is 0 Å². The first kappa shape index (κ1) is 14.4. The van der Waals surface area contributed by atoms with Gasteiger partial charge in [0.15, 0.2) is 5.69 Å². The Hall–Kier alpha value is -2.57. The van der Waals surface area contributed by atoms with Crippen LogP contribution in [0.4, 0.5) is 0 Å². The van der Waals surface area contributed by atoms with Gasteiger partial charge in [0.2, 0.25) is 0 Å². The van der Waals surface area contributed by atoms with Crippen molar-refractivity contribution >= 4 is 11.6 Å². The Kier molecular flexibility index (Phi) is 3.70. The van der Waals surface area contributed by atoms with Gasteiger partial charge < -0.3 is 0 Å². The topological polar surface area (TPSA) is 41.6 Å². The molecule has 4 heteroatoms. The van der Waals surface area contributed by atoms with Gasteiger partial charge in [-0.25, -0.2) is 4.68 Å². The Morgan fingerprint density at radius 2 is 1.91 bits per heavy atom. The second kappa shape index (κ2) is 5.67. The lowest BCUT2D eigenvalue weighted by Crippen LogP contribution is -2.00. The zero-order valence-electron chi connectivity index (χ0n) is 12.3. The summed E-state index contributed by atoms with van der Waals surface area (Å²) >= 11 is 6.08. The minimum atomic E-state index is 0.384. The van der Waals surface area contributed by atoms with E-state index in [1.54, 1.807) is 10.7 Å². The Bertz CT molecular complexity index is 888. The molecular formula is C18H14ClN3. The molecule has 3 nitrogen and oxygen atoms in total. The van der Waals surface area contributed by atoms with E-state index in [0.717, 1.165) is 22.5 Å². The summed E-state index contributed by atoms with van der Waals surface area (Å²) in [5.74, 6) is 0. The lowest BCUT2D eigenvalue weighted by Gasteiger charge is -2.10. The van der Waals surface area contributed by atoms with Crippen LogP contribution in [0.25, 0.3) is 16.9 Å². The number of aryl methyl sites for hydroxylation is 2. The fraction of sp³-hybridized carbons (Fsp3) is 0.111. The summed E-state index contributed by atoms with van der Waals surface area (Å²) in [6, 6.07) is 17.6. The van der Waals surface area contributed by atoms with Crippen molar-refractivity contribution in [1.29, 1.82) is 5.26 Å². The van der Waals surface area contributed by atoms with Crippen molar-refractivity contribution in [1.82, 2.24) is 9.78 Å². The molecule has 0 atom stereocenters. The van der Waals surface area contributed by atoms with Crippen LogP contribution in [0, 0.1) is 25.2 Å². The van der Waals surface area contributed by atoms with Crippen LogP contribution in [0.5, 0.6) is 0 Å². The van der Waals surface area contributed by atoms with E-state index in [-0.39, 0.29) is 0 Å². The highest BCUT2D eigenvalue weighted by Gasteiger charge is 2.13. The smallest absolute Gasteiger partial charge is 0.163 e. The number of aromatic nitrogens is 2. The van der Waals surface area contributed by atoms with Crippen molar-refractivity contribution in [3.63, 3.8) is 0 Å². The Labute approximate surface area is 134 Å². The van der Waals surface area contributed by atoms with E-state index in [0.29, 0.717) is 10.7 Å². The first-order chi connectivity index (χ1) is 10.6. The molecule has 3 rings (SSSR count). The molecule has 108 valence electrons. The predicted molar refractivity (Wildman–Crippen MR) is 88.2 cm³/mol. The van der Waals surface area contributed by atoms with Crippen LogP contribution in [0.3, 0.4) is 0 Å². The minimum absolute atomic E-state index is 0.384. The summed E-state index contributed by atoms with van der Waals surface area (Å²) in [5.41, 5.74) is 5.51. The van der Waals surface area contributed by atoms with E-state index in [1.165, 1.54) is 5.56 Å². The molecule has 0 spiro atoms. The fourth-order valence-corrected chi connectivity index (χ4v) is 2.72. The van der Waals surface area contributed by atoms with Gasteiger partial charge in [-0.3, -0.25) is 0 Å². The van der Waals surface area contributed by atoms with Crippen molar-refractivity contribution in [2.24, 2.45) is 0 Å². The molecular weight excluding hydrogens is 294 g/mol. The monoisotopic (exact) mass is 307 g/mol. The van der Waals surface area contributed by atoms with Crippen molar-refractivity contribution in [2.75, 3.05) is 0 Å². The van der Waals surface area contributed by atoms with Crippen LogP contribution in [-0.2, 0) is 0 Å². The van der Waals surface area contributed by atoms with Crippen molar-refractivity contribution in [2.45, 2.75) is 13.8 Å². The maximum absolute atomic E-state index is 9.19. The fourth-order valence-electron chi connectivity index (χ4n) is 2.53. The van der Waals surface area contributed by atoms with Gasteiger partial charge in [-0.05, 0) is 37.6 Å². The maximum Gasteiger partial charge on any atom is 0.163 e. The van der Waals surface area contributed by atoms with Gasteiger partial charge >= 0.3 is 0 Å². The summed E-state index contributed by atoms with van der Waals surface area (Å²) in [4.78, 5) is 0. The summed E-state index contributed by atoms with van der Waals surface area (Å²) in [7, 11) is 0. The van der Waals surface area contributed by atoms with E-state index in [1.807, 2.05) is 24.3 Å². The Morgan fingerprint density at radius 3 is 2.59 bits per heavy atom. The highest BCUT2D eigenvalue weighted by molar-refractivity contribution is 6.30. The molecule has 0 aliphatic carbocycles. The van der Waals surface area contributed by atoms with Crippen LogP contribution in [-0.4, -0.2) is 9.78 Å². The van der Waals surface area contributed by atoms with E-state index < -0.39 is 0 Å². The van der Waals surface area contributed by atoms with Gasteiger partial charge in [-0.1, -0.05) is 41.4 Å². The second-order valence-electron chi connectivity index (χ2n) is 5.24. The van der Waals surface area contributed by atoms with Gasteiger partial charge in [-0.2, -0.15) is 10.4 Å². The molecule has 3 aromatic rings. The van der Waals surface area contributed by atoms with Crippen LogP contribution in [0.1, 0.15) is 16.8 Å². The van der Waals surface area contributed by atoms with Gasteiger partial charge in [-0.15, -0.1) is 0 Å². The predicted octanol–water partition coefficient (Wildman–Crippen LogP) is 4.68. The third-order valence-electron chi connectivity index (χ3n) is 3.53. The van der Waals surface area contributed by atoms with Gasteiger partial charge in [0.25, 0.3) is 0 Å². The van der Waals surface area contributed by atoms with Crippen molar-refractivity contribution in [3.05, 3.63) is 70.4 Å². The molecule has 0 fully saturated rings. The summed E-state index contributed by atoms with van der Waals surface area (Å²) < 4.78 is 1.77. The molecule has 1 aromatic heterocycles. The van der Waals surface area contributed by atoms with E-state index >= 15 is 0 Å². The van der Waals surface area contributed by atoms with Crippen LogP contribution in [0.2, 0.25) is 5.02 Å². The summed E-state index contributed by atoms with van der Waals surface area (Å²) in [6.07, 6.45) is 0. The van der Waals surface area contributed by atoms with E-state index in [9.17, 15) is 5.26 Å². The standard InChI is InChI=1S/C18H14ClN3/c1-12-6-7-17(13(2)8-12)18-10-15(11-20)21-22(18)16-5-3-4-14(19)9-16/h3-10H,1-2H3. The number of hydrogen-bond acceptors (Lipinski definition) is 2. The summed E-state index contributed by atoms with van der Waals surface area (Å²) in [6.45, 7) is 4.12. The highest BCUT2D eigenvalue weighted by Crippen LogP contribution is 2.28. The average molecular weight is 308 g/mol. The second-order valence-corrected chi connectivity index (χ2v) is 5.67. The molecule has 0 aliphatic heterocycles. The Morgan fingerprint density at radius 1 is 1.09 bits per heavy atom. The van der Waals surface area contributed by atoms with Gasteiger partial charge in [0, 0.05) is 16.7 Å². The molecule has 22 heavy (non-hydrogen) atoms. The van der Waals surface area contributed by atoms with Crippen LogP contribution in [0.15, 0.2) is 48.5 Å². The van der Waals surface area contributed by atoms with E-state index in [4.69, 9.17) is 11.6 Å². The largest absolute Gasteiger partial charge is 0.232 e. The molecule has 1 heterocycles. The molecule has 2 aromatic carbocycles. The maximum atomic E-state index is 9.19. The molecule has 0 saturated heterocycles. The number of hydrogen-bond donors (Lipinski definition) is 0. The zero-order valence-corrected chi connectivity index (χ0v) is 13.1. The molecule has 0 N–H and O–H groups in total. The number of rotatable bonds is 2. The first-order valence-electron chi connectivity index (χ1n) is 6.92. The third kappa shape index (κ3) is 2.61. The highest BCUT2D eigenvalue weighted by atomic mass is 35.5. The average Bonchev–Trinajstić information content (AvgIpc) is 2.91. The molecule has 0 aliphatic rings. The number of benzene rings is 2. The number of halogens is 1. The Balaban J connectivity index is 2.24. The molecule has 0 amide bonds. The molecule has 0 saturated carbocycles. The quantitative estimate of drug-likeness (QED) is 0.689. The first-order valence-corrected chi connectivity index (χ1v) is 7.30. The van der Waals surface area contributed by atoms with Crippen molar-refractivity contribution < 1.29 is 0 Å². The molecule has 0 unspecified atom stereocenters. The van der Waals surface area contributed by atoms with Gasteiger partial charge in [0.1, 0.15) is 6.07 Å². The lowest BCUT2D eigenvalue weighted by atomic mass is 10.0.